The van der Waals surface area contributed by atoms with E-state index in [1.165, 1.54) is 0 Å². The number of Topliss-reactive ketones (excluding diaryl/α,β-unsaturated/α-hetero) is 1. The summed E-state index contributed by atoms with van der Waals surface area (Å²) in [6, 6.07) is 10.0. The molecule has 6 heteroatoms. The number of carbonyl (C=O) groups is 1. The fourth-order valence-corrected chi connectivity index (χ4v) is 4.59. The molecule has 6 nitrogen and oxygen atoms in total. The minimum atomic E-state index is -0.200. The molecule has 0 spiro atoms. The number of hydrogen-bond acceptors (Lipinski definition) is 5. The minimum absolute atomic E-state index is 0.0444. The van der Waals surface area contributed by atoms with E-state index in [2.05, 4.69) is 26.8 Å². The summed E-state index contributed by atoms with van der Waals surface area (Å²) in [5, 5.41) is 0.464. The molecule has 0 amide bonds. The molecule has 1 aromatic carbocycles. The first-order valence-corrected chi connectivity index (χ1v) is 10.3. The average Bonchev–Trinajstić information content (AvgIpc) is 2.74. The second-order valence-corrected chi connectivity index (χ2v) is 8.35. The number of fused-ring (bicyclic) bond motifs is 3. The second-order valence-electron chi connectivity index (χ2n) is 8.35. The molecule has 0 saturated carbocycles. The van der Waals surface area contributed by atoms with Crippen LogP contribution >= 0.6 is 0 Å². The highest BCUT2D eigenvalue weighted by Crippen LogP contribution is 2.34. The van der Waals surface area contributed by atoms with Gasteiger partial charge in [-0.2, -0.15) is 4.98 Å². The fraction of sp³-hybridized carbons (Fsp3) is 0.391. The predicted molar refractivity (Wildman–Crippen MR) is 113 cm³/mol. The van der Waals surface area contributed by atoms with Crippen LogP contribution in [-0.4, -0.2) is 33.8 Å². The van der Waals surface area contributed by atoms with Gasteiger partial charge < -0.3 is 4.90 Å². The summed E-state index contributed by atoms with van der Waals surface area (Å²) >= 11 is 0. The number of ketones is 1. The Hall–Kier alpha value is -3.02. The molecular weight excluding hydrogens is 364 g/mol. The van der Waals surface area contributed by atoms with Crippen molar-refractivity contribution < 1.29 is 4.79 Å². The molecule has 2 aliphatic rings. The number of pyridine rings is 1. The Morgan fingerprint density at radius 3 is 2.59 bits per heavy atom. The van der Waals surface area contributed by atoms with Crippen LogP contribution in [0.15, 0.2) is 41.3 Å². The lowest BCUT2D eigenvalue weighted by atomic mass is 9.79. The van der Waals surface area contributed by atoms with Gasteiger partial charge in [-0.15, -0.1) is 0 Å². The number of piperidine rings is 1. The Bertz CT molecular complexity index is 1130. The summed E-state index contributed by atoms with van der Waals surface area (Å²) in [5.41, 5.74) is 2.71. The van der Waals surface area contributed by atoms with E-state index in [4.69, 9.17) is 0 Å². The Balaban J connectivity index is 1.58. The summed E-state index contributed by atoms with van der Waals surface area (Å²) in [6.45, 7) is 4.02. The highest BCUT2D eigenvalue weighted by Gasteiger charge is 2.30. The van der Waals surface area contributed by atoms with Crippen molar-refractivity contribution in [2.75, 3.05) is 18.0 Å². The van der Waals surface area contributed by atoms with Crippen molar-refractivity contribution >= 4 is 22.8 Å². The Morgan fingerprint density at radius 1 is 1.07 bits per heavy atom. The molecule has 2 aromatic heterocycles. The van der Waals surface area contributed by atoms with Crippen LogP contribution in [-0.2, 0) is 6.42 Å². The number of rotatable bonds is 2. The van der Waals surface area contributed by atoms with Crippen LogP contribution in [0.1, 0.15) is 53.6 Å². The number of hydrogen-bond donors (Lipinski definition) is 1. The molecule has 3 aromatic rings. The lowest BCUT2D eigenvalue weighted by Crippen LogP contribution is -2.35. The van der Waals surface area contributed by atoms with Crippen LogP contribution < -0.4 is 10.5 Å². The quantitative estimate of drug-likeness (QED) is 0.727. The maximum atomic E-state index is 13.1. The largest absolute Gasteiger partial charge is 0.342 e. The van der Waals surface area contributed by atoms with Gasteiger partial charge in [0.1, 0.15) is 0 Å². The van der Waals surface area contributed by atoms with Crippen LogP contribution in [0.4, 0.5) is 5.95 Å². The molecule has 1 N–H and O–H groups in total. The van der Waals surface area contributed by atoms with E-state index >= 15 is 0 Å². The Morgan fingerprint density at radius 2 is 1.83 bits per heavy atom. The van der Waals surface area contributed by atoms with Crippen molar-refractivity contribution in [3.63, 3.8) is 0 Å². The lowest BCUT2D eigenvalue weighted by Gasteiger charge is -2.30. The van der Waals surface area contributed by atoms with E-state index in [0.29, 0.717) is 41.3 Å². The summed E-state index contributed by atoms with van der Waals surface area (Å²) in [6.07, 6.45) is 4.88. The maximum Gasteiger partial charge on any atom is 0.262 e. The zero-order valence-corrected chi connectivity index (χ0v) is 16.5. The third-order valence-electron chi connectivity index (χ3n) is 6.37. The summed E-state index contributed by atoms with van der Waals surface area (Å²) in [7, 11) is 0. The molecule has 1 fully saturated rings. The number of aromatic amines is 1. The number of nitrogens with zero attached hydrogens (tertiary/aromatic N) is 3. The van der Waals surface area contributed by atoms with Gasteiger partial charge >= 0.3 is 0 Å². The number of aromatic nitrogens is 3. The van der Waals surface area contributed by atoms with E-state index in [1.54, 1.807) is 6.20 Å². The highest BCUT2D eigenvalue weighted by atomic mass is 16.1. The molecule has 3 heterocycles. The molecule has 1 atom stereocenters. The molecule has 0 radical (unpaired) electrons. The van der Waals surface area contributed by atoms with Crippen LogP contribution in [0, 0.1) is 5.92 Å². The van der Waals surface area contributed by atoms with E-state index in [1.807, 2.05) is 30.3 Å². The van der Waals surface area contributed by atoms with E-state index in [0.717, 1.165) is 37.1 Å². The SMILES string of the molecule is CC1CCN(c2nc3ncc4c(c3c(=O)[nH]2)CC(c2ccccc2)CC4=O)CC1. The Labute approximate surface area is 169 Å². The van der Waals surface area contributed by atoms with Gasteiger partial charge in [0.15, 0.2) is 11.4 Å². The molecule has 5 rings (SSSR count). The maximum absolute atomic E-state index is 13.1. The van der Waals surface area contributed by atoms with Crippen molar-refractivity contribution in [1.29, 1.82) is 0 Å². The minimum Gasteiger partial charge on any atom is -0.342 e. The van der Waals surface area contributed by atoms with Gasteiger partial charge in [0.25, 0.3) is 5.56 Å². The van der Waals surface area contributed by atoms with Gasteiger partial charge in [-0.25, -0.2) is 4.98 Å². The van der Waals surface area contributed by atoms with Crippen molar-refractivity contribution in [1.82, 2.24) is 15.0 Å². The van der Waals surface area contributed by atoms with Gasteiger partial charge in [-0.05, 0) is 42.2 Å². The first-order valence-electron chi connectivity index (χ1n) is 10.3. The molecule has 1 unspecified atom stereocenters. The molecular formula is C23H24N4O2. The number of carbonyl (C=O) groups excluding carboxylic acids is 1. The topological polar surface area (TPSA) is 79.0 Å². The normalized spacial score (nSPS) is 20.1. The average molecular weight is 388 g/mol. The molecule has 1 aliphatic carbocycles. The first-order chi connectivity index (χ1) is 14.1. The van der Waals surface area contributed by atoms with Crippen molar-refractivity contribution in [2.24, 2.45) is 5.92 Å². The summed E-state index contributed by atoms with van der Waals surface area (Å²) in [5.74, 6) is 1.40. The van der Waals surface area contributed by atoms with E-state index < -0.39 is 0 Å². The van der Waals surface area contributed by atoms with Gasteiger partial charge in [-0.1, -0.05) is 37.3 Å². The molecule has 1 saturated heterocycles. The monoisotopic (exact) mass is 388 g/mol. The van der Waals surface area contributed by atoms with Crippen molar-refractivity contribution in [2.45, 2.75) is 38.5 Å². The van der Waals surface area contributed by atoms with E-state index in [-0.39, 0.29) is 17.3 Å². The van der Waals surface area contributed by atoms with Crippen LogP contribution in [0.5, 0.6) is 0 Å². The molecule has 29 heavy (non-hydrogen) atoms. The van der Waals surface area contributed by atoms with Crippen molar-refractivity contribution in [3.05, 3.63) is 63.6 Å². The molecule has 148 valence electrons. The zero-order chi connectivity index (χ0) is 20.0. The van der Waals surface area contributed by atoms with Crippen LogP contribution in [0.25, 0.3) is 11.0 Å². The van der Waals surface area contributed by atoms with Gasteiger partial charge in [-0.3, -0.25) is 14.6 Å². The second kappa shape index (κ2) is 7.10. The predicted octanol–water partition coefficient (Wildman–Crippen LogP) is 3.47. The third-order valence-corrected chi connectivity index (χ3v) is 6.37. The number of anilines is 1. The number of nitrogens with one attached hydrogen (secondary N) is 1. The zero-order valence-electron chi connectivity index (χ0n) is 16.5. The standard InChI is InChI=1S/C23H24N4O2/c1-14-7-9-27(10-8-14)23-25-21-20(22(29)26-23)17-11-16(15-5-3-2-4-6-15)12-19(28)18(17)13-24-21/h2-6,13-14,16H,7-12H2,1H3,(H,24,25,26,29). The van der Waals surface area contributed by atoms with Gasteiger partial charge in [0.2, 0.25) is 5.95 Å². The smallest absolute Gasteiger partial charge is 0.262 e. The number of H-pyrrole nitrogens is 1. The van der Waals surface area contributed by atoms with Gasteiger partial charge in [0, 0.05) is 31.3 Å². The van der Waals surface area contributed by atoms with Gasteiger partial charge in [0.05, 0.1) is 5.39 Å². The molecule has 1 aliphatic heterocycles. The number of benzene rings is 1. The van der Waals surface area contributed by atoms with Crippen LogP contribution in [0.3, 0.4) is 0 Å². The Kier molecular flexibility index (Phi) is 4.42. The highest BCUT2D eigenvalue weighted by molar-refractivity contribution is 6.02. The van der Waals surface area contributed by atoms with Crippen LogP contribution in [0.2, 0.25) is 0 Å². The molecule has 0 bridgehead atoms. The third kappa shape index (κ3) is 3.22. The van der Waals surface area contributed by atoms with E-state index in [9.17, 15) is 9.59 Å². The first kappa shape index (κ1) is 18.0. The summed E-state index contributed by atoms with van der Waals surface area (Å²) < 4.78 is 0. The van der Waals surface area contributed by atoms with Crippen molar-refractivity contribution in [3.8, 4) is 0 Å². The fourth-order valence-electron chi connectivity index (χ4n) is 4.59. The summed E-state index contributed by atoms with van der Waals surface area (Å²) in [4.78, 5) is 40.0. The lowest BCUT2D eigenvalue weighted by molar-refractivity contribution is 0.0964.